The van der Waals surface area contributed by atoms with E-state index in [9.17, 15) is 13.0 Å². The molecule has 0 fully saturated rings. The van der Waals surface area contributed by atoms with Crippen molar-refractivity contribution >= 4 is 20.9 Å². The van der Waals surface area contributed by atoms with Crippen molar-refractivity contribution in [1.82, 2.24) is 4.98 Å². The average molecular weight is 418 g/mol. The number of benzene rings is 2. The molecule has 3 aromatic rings. The van der Waals surface area contributed by atoms with Gasteiger partial charge in [-0.05, 0) is 35.2 Å². The number of methoxy groups -OCH3 is 4. The summed E-state index contributed by atoms with van der Waals surface area (Å²) in [4.78, 5) is 4.01. The molecule has 0 N–H and O–H groups in total. The van der Waals surface area contributed by atoms with Gasteiger partial charge in [0.25, 0.3) is 0 Å². The van der Waals surface area contributed by atoms with Crippen LogP contribution in [0.3, 0.4) is 0 Å². The molecule has 3 rings (SSSR count). The summed E-state index contributed by atoms with van der Waals surface area (Å²) in [6.07, 6.45) is 1.69. The van der Waals surface area contributed by atoms with Crippen molar-refractivity contribution in [3.8, 4) is 23.0 Å². The van der Waals surface area contributed by atoms with Crippen LogP contribution in [0.1, 0.15) is 11.3 Å². The van der Waals surface area contributed by atoms with E-state index in [4.69, 9.17) is 18.9 Å². The van der Waals surface area contributed by atoms with E-state index in [1.165, 1.54) is 33.5 Å². The van der Waals surface area contributed by atoms with Gasteiger partial charge in [0.2, 0.25) is 0 Å². The molecule has 0 aliphatic carbocycles. The zero-order valence-corrected chi connectivity index (χ0v) is 17.2. The summed E-state index contributed by atoms with van der Waals surface area (Å²) < 4.78 is 56.6. The first-order valence-electron chi connectivity index (χ1n) is 8.52. The van der Waals surface area contributed by atoms with E-state index in [1.54, 1.807) is 31.5 Å². The molecule has 154 valence electrons. The Hall–Kier alpha value is -3.04. The Kier molecular flexibility index (Phi) is 5.81. The van der Waals surface area contributed by atoms with Gasteiger partial charge in [0.15, 0.2) is 23.0 Å². The second-order valence-electron chi connectivity index (χ2n) is 6.13. The van der Waals surface area contributed by atoms with Crippen LogP contribution in [-0.2, 0) is 16.5 Å². The molecule has 0 unspecified atom stereocenters. The summed E-state index contributed by atoms with van der Waals surface area (Å²) in [6.45, 7) is 0. The van der Waals surface area contributed by atoms with Gasteiger partial charge in [0.1, 0.15) is 10.1 Å². The topological polar surface area (TPSA) is 107 Å². The molecule has 0 saturated carbocycles. The molecule has 0 atom stereocenters. The third-order valence-electron chi connectivity index (χ3n) is 4.54. The minimum absolute atomic E-state index is 0.0873. The number of ether oxygens (including phenoxy) is 4. The highest BCUT2D eigenvalue weighted by Crippen LogP contribution is 2.36. The van der Waals surface area contributed by atoms with E-state index in [2.05, 4.69) is 4.98 Å². The Labute approximate surface area is 168 Å². The van der Waals surface area contributed by atoms with Crippen LogP contribution >= 0.6 is 0 Å². The minimum atomic E-state index is -4.75. The number of nitrogens with zero attached hydrogens (tertiary/aromatic N) is 1. The summed E-state index contributed by atoms with van der Waals surface area (Å²) in [5.41, 5.74) is 0.827. The standard InChI is InChI=1S/C20H21NO7S/c1-25-16-8-12-5-6-21-15(14(12)10-18(16)27-3)7-13-9-17(26-2)19(28-4)11-20(13)29(22,23)24/h5-6,8-11H,7H2,1-4H3,(H,22,23,24)/p-1. The average Bonchev–Trinajstić information content (AvgIpc) is 2.71. The van der Waals surface area contributed by atoms with Gasteiger partial charge in [-0.1, -0.05) is 0 Å². The first kappa shape index (κ1) is 20.7. The first-order chi connectivity index (χ1) is 13.8. The molecule has 0 amide bonds. The number of aromatic nitrogens is 1. The van der Waals surface area contributed by atoms with Crippen molar-refractivity contribution in [2.45, 2.75) is 11.3 Å². The van der Waals surface area contributed by atoms with E-state index < -0.39 is 10.1 Å². The summed E-state index contributed by atoms with van der Waals surface area (Å²) in [6, 6.07) is 8.03. The Morgan fingerprint density at radius 2 is 1.41 bits per heavy atom. The summed E-state index contributed by atoms with van der Waals surface area (Å²) in [5, 5.41) is 1.58. The number of rotatable bonds is 7. The molecule has 0 radical (unpaired) electrons. The van der Waals surface area contributed by atoms with Gasteiger partial charge in [-0.3, -0.25) is 4.98 Å². The molecule has 8 nitrogen and oxygen atoms in total. The lowest BCUT2D eigenvalue weighted by Crippen LogP contribution is -2.07. The Balaban J connectivity index is 2.20. The second kappa shape index (κ2) is 8.14. The Bertz CT molecular complexity index is 1160. The highest BCUT2D eigenvalue weighted by atomic mass is 32.2. The fourth-order valence-electron chi connectivity index (χ4n) is 3.15. The van der Waals surface area contributed by atoms with E-state index >= 15 is 0 Å². The highest BCUT2D eigenvalue weighted by molar-refractivity contribution is 7.85. The lowest BCUT2D eigenvalue weighted by Gasteiger charge is -2.17. The SMILES string of the molecule is COc1cc(Cc2nccc3cc(OC)c(OC)cc23)c(S(=O)(=O)[O-])cc1OC. The third kappa shape index (κ3) is 4.06. The zero-order valence-electron chi connectivity index (χ0n) is 16.4. The lowest BCUT2D eigenvalue weighted by atomic mass is 10.0. The number of hydrogen-bond donors (Lipinski definition) is 0. The predicted molar refractivity (Wildman–Crippen MR) is 105 cm³/mol. The van der Waals surface area contributed by atoms with Crippen LogP contribution in [0.4, 0.5) is 0 Å². The molecule has 0 spiro atoms. The van der Waals surface area contributed by atoms with E-state index in [0.29, 0.717) is 22.9 Å². The summed E-state index contributed by atoms with van der Waals surface area (Å²) in [7, 11) is 1.12. The van der Waals surface area contributed by atoms with E-state index in [0.717, 1.165) is 10.8 Å². The highest BCUT2D eigenvalue weighted by Gasteiger charge is 2.18. The van der Waals surface area contributed by atoms with Crippen molar-refractivity contribution in [1.29, 1.82) is 0 Å². The molecule has 9 heteroatoms. The largest absolute Gasteiger partial charge is 0.744 e. The van der Waals surface area contributed by atoms with Gasteiger partial charge in [-0.15, -0.1) is 0 Å². The molecule has 1 heterocycles. The molecular formula is C20H20NO7S-. The van der Waals surface area contributed by atoms with Crippen molar-refractivity contribution in [2.24, 2.45) is 0 Å². The van der Waals surface area contributed by atoms with Crippen LogP contribution in [0.25, 0.3) is 10.8 Å². The molecular weight excluding hydrogens is 398 g/mol. The molecule has 2 aromatic carbocycles. The summed E-state index contributed by atoms with van der Waals surface area (Å²) in [5.74, 6) is 1.54. The predicted octanol–water partition coefficient (Wildman–Crippen LogP) is 2.76. The van der Waals surface area contributed by atoms with Crippen molar-refractivity contribution in [3.05, 3.63) is 47.8 Å². The van der Waals surface area contributed by atoms with Crippen molar-refractivity contribution in [2.75, 3.05) is 28.4 Å². The van der Waals surface area contributed by atoms with Gasteiger partial charge < -0.3 is 23.5 Å². The van der Waals surface area contributed by atoms with Gasteiger partial charge in [-0.2, -0.15) is 0 Å². The Morgan fingerprint density at radius 3 is 2.00 bits per heavy atom. The van der Waals surface area contributed by atoms with Gasteiger partial charge in [0.05, 0.1) is 39.0 Å². The number of fused-ring (bicyclic) bond motifs is 1. The van der Waals surface area contributed by atoms with Crippen LogP contribution in [0, 0.1) is 0 Å². The maximum Gasteiger partial charge on any atom is 0.161 e. The van der Waals surface area contributed by atoms with Crippen molar-refractivity contribution in [3.63, 3.8) is 0 Å². The van der Waals surface area contributed by atoms with Crippen LogP contribution in [0.5, 0.6) is 23.0 Å². The number of hydrogen-bond acceptors (Lipinski definition) is 8. The van der Waals surface area contributed by atoms with Crippen molar-refractivity contribution < 1.29 is 31.9 Å². The first-order valence-corrected chi connectivity index (χ1v) is 9.93. The third-order valence-corrected chi connectivity index (χ3v) is 5.46. The maximum absolute atomic E-state index is 11.9. The van der Waals surface area contributed by atoms with Crippen LogP contribution in [0.2, 0.25) is 0 Å². The lowest BCUT2D eigenvalue weighted by molar-refractivity contribution is 0.353. The van der Waals surface area contributed by atoms with Crippen LogP contribution in [-0.4, -0.2) is 46.4 Å². The minimum Gasteiger partial charge on any atom is -0.744 e. The quantitative estimate of drug-likeness (QED) is 0.539. The monoisotopic (exact) mass is 418 g/mol. The van der Waals surface area contributed by atoms with Gasteiger partial charge in [0, 0.05) is 24.1 Å². The van der Waals surface area contributed by atoms with E-state index in [1.807, 2.05) is 0 Å². The fraction of sp³-hybridized carbons (Fsp3) is 0.250. The summed E-state index contributed by atoms with van der Waals surface area (Å²) >= 11 is 0. The zero-order chi connectivity index (χ0) is 21.2. The van der Waals surface area contributed by atoms with E-state index in [-0.39, 0.29) is 22.6 Å². The van der Waals surface area contributed by atoms with Crippen LogP contribution in [0.15, 0.2) is 41.4 Å². The Morgan fingerprint density at radius 1 is 0.862 bits per heavy atom. The smallest absolute Gasteiger partial charge is 0.161 e. The number of pyridine rings is 1. The molecule has 29 heavy (non-hydrogen) atoms. The molecule has 0 aliphatic heterocycles. The molecule has 0 saturated heterocycles. The normalized spacial score (nSPS) is 11.3. The van der Waals surface area contributed by atoms with Crippen LogP contribution < -0.4 is 18.9 Å². The molecule has 1 aromatic heterocycles. The molecule has 0 aliphatic rings. The maximum atomic E-state index is 11.9. The second-order valence-corrected chi connectivity index (χ2v) is 7.48. The molecule has 0 bridgehead atoms. The fourth-order valence-corrected chi connectivity index (χ4v) is 3.86. The van der Waals surface area contributed by atoms with Gasteiger partial charge in [-0.25, -0.2) is 8.42 Å². The van der Waals surface area contributed by atoms with Gasteiger partial charge >= 0.3 is 0 Å².